The quantitative estimate of drug-likeness (QED) is 0.0135. The molecule has 12 rings (SSSR count). The molecule has 0 atom stereocenters. The van der Waals surface area contributed by atoms with E-state index in [-0.39, 0.29) is 56.9 Å². The Hall–Kier alpha value is -7.90. The van der Waals surface area contributed by atoms with Gasteiger partial charge in [-0.3, -0.25) is 0 Å². The maximum Gasteiger partial charge on any atom is 0.123 e. The molecule has 9 aromatic carbocycles. The van der Waals surface area contributed by atoms with Crippen molar-refractivity contribution in [2.75, 3.05) is 45.5 Å². The van der Waals surface area contributed by atoms with Crippen molar-refractivity contribution in [1.82, 2.24) is 0 Å². The zero-order valence-corrected chi connectivity index (χ0v) is 80.1. The summed E-state index contributed by atoms with van der Waals surface area (Å²) in [6.07, 6.45) is 34.8. The Balaban J connectivity index is 0.000000315. The first-order valence-electron chi connectivity index (χ1n) is 45.8. The monoisotopic (exact) mass is 1850 g/mol. The molecule has 8 N–H and O–H groups in total. The number of rotatable bonds is 36. The lowest BCUT2D eigenvalue weighted by Gasteiger charge is -2.29. The number of phenolic OH excluding ortho intramolecular Hbond substituents is 4. The van der Waals surface area contributed by atoms with E-state index >= 15 is 0 Å². The number of aliphatic hydroxyl groups excluding tert-OH is 4. The summed E-state index contributed by atoms with van der Waals surface area (Å²) in [7, 11) is 1.77. The van der Waals surface area contributed by atoms with Gasteiger partial charge in [0.2, 0.25) is 0 Å². The van der Waals surface area contributed by atoms with Crippen molar-refractivity contribution in [1.29, 1.82) is 0 Å². The lowest BCUT2D eigenvalue weighted by Crippen LogP contribution is -2.13. The van der Waals surface area contributed by atoms with Crippen molar-refractivity contribution in [2.24, 2.45) is 11.8 Å². The van der Waals surface area contributed by atoms with Gasteiger partial charge < -0.3 is 69.3 Å². The number of alkyl halides is 2. The van der Waals surface area contributed by atoms with Crippen LogP contribution in [-0.4, -0.2) is 86.3 Å². The van der Waals surface area contributed by atoms with E-state index in [9.17, 15) is 5.11 Å². The van der Waals surface area contributed by atoms with Gasteiger partial charge in [0, 0.05) is 55.8 Å². The number of ether oxygens (including phenoxy) is 6. The topological polar surface area (TPSA) is 217 Å². The minimum Gasteiger partial charge on any atom is -0.508 e. The molecular weight excluding hydrogens is 1690 g/mol. The zero-order valence-electron chi connectivity index (χ0n) is 76.9. The molecule has 3 aliphatic rings. The van der Waals surface area contributed by atoms with Gasteiger partial charge >= 0.3 is 0 Å². The number of halogens is 2. The second-order valence-corrected chi connectivity index (χ2v) is 35.3. The van der Waals surface area contributed by atoms with E-state index in [1.807, 2.05) is 44.2 Å². The van der Waals surface area contributed by atoms with E-state index in [0.717, 1.165) is 120 Å². The molecule has 0 aromatic heterocycles. The average molecular weight is 1850 g/mol. The van der Waals surface area contributed by atoms with Crippen molar-refractivity contribution in [2.45, 2.75) is 300 Å². The molecule has 0 unspecified atom stereocenters. The number of methoxy groups -OCH3 is 1. The van der Waals surface area contributed by atoms with Crippen LogP contribution in [0.4, 0.5) is 0 Å². The second-order valence-electron chi connectivity index (χ2n) is 33.9. The van der Waals surface area contributed by atoms with Gasteiger partial charge in [-0.2, -0.15) is 0 Å². The van der Waals surface area contributed by atoms with Gasteiger partial charge in [0.25, 0.3) is 0 Å². The first-order chi connectivity index (χ1) is 59.9. The van der Waals surface area contributed by atoms with E-state index < -0.39 is 0 Å². The maximum absolute atomic E-state index is 9.59. The first-order valence-corrected chi connectivity index (χ1v) is 48.0. The third kappa shape index (κ3) is 48.7. The molecule has 3 fully saturated rings. The third-order valence-corrected chi connectivity index (χ3v) is 23.4. The second kappa shape index (κ2) is 65.6. The van der Waals surface area contributed by atoms with E-state index in [1.54, 1.807) is 7.11 Å². The number of phenols is 4. The summed E-state index contributed by atoms with van der Waals surface area (Å²) in [6, 6.07) is 56.9. The number of hydrogen-bond donors (Lipinski definition) is 8. The minimum absolute atomic E-state index is 0. The molecule has 0 radical (unpaired) electrons. The zero-order chi connectivity index (χ0) is 90.1. The summed E-state index contributed by atoms with van der Waals surface area (Å²) >= 11 is 6.91. The lowest BCUT2D eigenvalue weighted by atomic mass is 9.77. The molecule has 2 aliphatic carbocycles. The van der Waals surface area contributed by atoms with Crippen LogP contribution in [0.25, 0.3) is 0 Å². The number of aliphatic hydroxyl groups is 4. The van der Waals surface area contributed by atoms with E-state index in [1.165, 1.54) is 245 Å². The molecule has 14 nitrogen and oxygen atoms in total. The van der Waals surface area contributed by atoms with Crippen LogP contribution in [0.5, 0.6) is 46.0 Å². The summed E-state index contributed by atoms with van der Waals surface area (Å²) in [5, 5.41) is 73.0. The smallest absolute Gasteiger partial charge is 0.123 e. The number of aryl methyl sites for hydroxylation is 8. The molecule has 2 saturated carbocycles. The van der Waals surface area contributed by atoms with Crippen molar-refractivity contribution in [3.63, 3.8) is 0 Å². The summed E-state index contributed by atoms with van der Waals surface area (Å²) in [4.78, 5) is 0. The average Bonchev–Trinajstić information content (AvgIpc) is 1.31. The molecule has 0 spiro atoms. The van der Waals surface area contributed by atoms with Crippen LogP contribution < -0.4 is 18.9 Å². The van der Waals surface area contributed by atoms with Gasteiger partial charge in [0.15, 0.2) is 0 Å². The summed E-state index contributed by atoms with van der Waals surface area (Å²) in [6.45, 7) is 26.5. The Bertz CT molecular complexity index is 3890. The first kappa shape index (κ1) is 109. The molecular formula is C109H156Br2O14. The van der Waals surface area contributed by atoms with Crippen molar-refractivity contribution >= 4 is 31.9 Å². The number of benzene rings is 9. The molecule has 0 amide bonds. The van der Waals surface area contributed by atoms with Crippen LogP contribution in [-0.2, 0) is 54.4 Å². The van der Waals surface area contributed by atoms with Gasteiger partial charge in [-0.15, -0.1) is 0 Å². The molecule has 125 heavy (non-hydrogen) atoms. The third-order valence-electron chi connectivity index (χ3n) is 22.1. The molecule has 1 aliphatic heterocycles. The summed E-state index contributed by atoms with van der Waals surface area (Å²) in [5.74, 6) is 6.84. The molecule has 690 valence electrons. The number of hydrogen-bond acceptors (Lipinski definition) is 14. The Morgan fingerprint density at radius 3 is 0.936 bits per heavy atom. The highest BCUT2D eigenvalue weighted by Gasteiger charge is 2.24. The van der Waals surface area contributed by atoms with Gasteiger partial charge in [-0.1, -0.05) is 265 Å². The summed E-state index contributed by atoms with van der Waals surface area (Å²) in [5.41, 5.74) is 19.4. The predicted octanol–water partition coefficient (Wildman–Crippen LogP) is 28.2. The van der Waals surface area contributed by atoms with Crippen molar-refractivity contribution < 1.29 is 69.3 Å². The van der Waals surface area contributed by atoms with Crippen LogP contribution in [0.1, 0.15) is 295 Å². The van der Waals surface area contributed by atoms with Crippen molar-refractivity contribution in [3.05, 3.63) is 271 Å². The van der Waals surface area contributed by atoms with Crippen molar-refractivity contribution in [3.8, 4) is 46.0 Å². The Morgan fingerprint density at radius 1 is 0.320 bits per heavy atom. The van der Waals surface area contributed by atoms with Gasteiger partial charge in [-0.05, 0) is 286 Å². The van der Waals surface area contributed by atoms with Crippen LogP contribution in [0.3, 0.4) is 0 Å². The molecule has 1 heterocycles. The fraction of sp³-hybridized carbons (Fsp3) is 0.505. The van der Waals surface area contributed by atoms with E-state index in [2.05, 4.69) is 196 Å². The standard InChI is InChI=1S/C25H28O3.C24H40O2.C23H37BrO.C9H11Br.C9H12O.2C7H8O3.C4H8O.CH4/c1-17-5-18(2)8-22(7-17)15-27-24-11-21(14-26)12-25(13-24)28-16-23-9-19(3)6-20(4)10-23;1-3-4-7-10-21-11-13-22(14-12-21)23-15-17-24(18-16-23)26-20-9-6-5-8-19-25-2;1-2-3-6-9-20-10-12-21(13-11-20)22-14-16-23(17-15-22)25-19-8-5-4-7-18-24;2*1-7-3-8(2)5-9(4-7)6-10;2*8-4-5-1-6(9)3-7(10)2-5;1-2-4-5-3-1;/h5-13,26H,14-16H2,1-4H3;15-18,21-22H,3-14,19-20H2,1-2H3;14-17,20-21H,2-13,18-19H2,1H3;3-5H,6H2,1-2H3;3-5,10H,6H2,1-2H3;2*1-3,8-10H,4H2;1-4H2;1H4. The number of aromatic hydroxyl groups is 4. The molecule has 1 saturated heterocycles. The van der Waals surface area contributed by atoms with E-state index in [4.69, 9.17) is 64.2 Å². The SMILES string of the molecule is C.C1CCOC1.CCCCCC1CCC(c2ccc(OCCCCCCBr)cc2)CC1.CCCCCC1CCC(c2ccc(OCCCCCCOC)cc2)CC1.Cc1cc(C)cc(CBr)c1.Cc1cc(C)cc(CO)c1.Cc1cc(C)cc(COc2cc(CO)cc(OCc3cc(C)cc(C)c3)c2)c1.OCc1cc(O)cc(O)c1.OCc1cc(O)cc(O)c1. The molecule has 0 bridgehead atoms. The van der Waals surface area contributed by atoms with Crippen LogP contribution in [0, 0.1) is 67.2 Å². The highest BCUT2D eigenvalue weighted by molar-refractivity contribution is 9.09. The highest BCUT2D eigenvalue weighted by Crippen LogP contribution is 2.40. The Morgan fingerprint density at radius 2 is 0.632 bits per heavy atom. The molecule has 9 aromatic rings. The lowest BCUT2D eigenvalue weighted by molar-refractivity contribution is 0.191. The largest absolute Gasteiger partial charge is 0.508 e. The Labute approximate surface area is 770 Å². The van der Waals surface area contributed by atoms with Gasteiger partial charge in [0.1, 0.15) is 59.2 Å². The summed E-state index contributed by atoms with van der Waals surface area (Å²) < 4.78 is 33.8. The fourth-order valence-electron chi connectivity index (χ4n) is 16.1. The normalized spacial score (nSPS) is 14.8. The predicted molar refractivity (Wildman–Crippen MR) is 526 cm³/mol. The minimum atomic E-state index is -0.179. The number of unbranched alkanes of at least 4 members (excludes halogenated alkanes) is 10. The van der Waals surface area contributed by atoms with Gasteiger partial charge in [0.05, 0.1) is 39.6 Å². The van der Waals surface area contributed by atoms with Crippen LogP contribution >= 0.6 is 31.9 Å². The van der Waals surface area contributed by atoms with Crippen LogP contribution in [0.2, 0.25) is 0 Å². The fourth-order valence-corrected chi connectivity index (χ4v) is 16.8. The van der Waals surface area contributed by atoms with Gasteiger partial charge in [-0.25, -0.2) is 0 Å². The molecule has 16 heteroatoms. The van der Waals surface area contributed by atoms with Crippen LogP contribution in [0.15, 0.2) is 176 Å². The van der Waals surface area contributed by atoms with E-state index in [0.29, 0.717) is 35.8 Å². The highest BCUT2D eigenvalue weighted by atomic mass is 79.9. The Kier molecular flexibility index (Phi) is 57.4. The maximum atomic E-state index is 9.59.